The van der Waals surface area contributed by atoms with Gasteiger partial charge in [0, 0.05) is 11.3 Å². The lowest BCUT2D eigenvalue weighted by Crippen LogP contribution is -2.60. The molecule has 2 aromatic carbocycles. The van der Waals surface area contributed by atoms with Crippen LogP contribution >= 0.6 is 0 Å². The van der Waals surface area contributed by atoms with E-state index in [0.717, 1.165) is 24.8 Å². The zero-order chi connectivity index (χ0) is 27.8. The molecule has 8 heteroatoms. The minimum Gasteiger partial charge on any atom is -0.492 e. The number of carbonyl (C=O) groups is 4. The molecular weight excluding hydrogens is 508 g/mol. The maximum Gasteiger partial charge on any atom is 0.238 e. The first kappa shape index (κ1) is 25.1. The fourth-order valence-corrected chi connectivity index (χ4v) is 8.49. The zero-order valence-corrected chi connectivity index (χ0v) is 22.7. The van der Waals surface area contributed by atoms with Crippen LogP contribution in [0, 0.1) is 35.0 Å². The number of hydrogen-bond acceptors (Lipinski definition) is 6. The second-order valence-corrected chi connectivity index (χ2v) is 11.3. The van der Waals surface area contributed by atoms with Crippen LogP contribution in [0.3, 0.4) is 0 Å². The second-order valence-electron chi connectivity index (χ2n) is 11.3. The molecule has 2 bridgehead atoms. The molecule has 2 saturated carbocycles. The molecule has 2 unspecified atom stereocenters. The Morgan fingerprint density at radius 2 is 1.23 bits per heavy atom. The van der Waals surface area contributed by atoms with E-state index in [1.807, 2.05) is 26.0 Å². The largest absolute Gasteiger partial charge is 0.492 e. The summed E-state index contributed by atoms with van der Waals surface area (Å²) < 4.78 is 11.6. The van der Waals surface area contributed by atoms with Crippen LogP contribution in [0.15, 0.2) is 60.2 Å². The van der Waals surface area contributed by atoms with Crippen LogP contribution in [-0.2, 0) is 19.2 Å². The summed E-state index contributed by atoms with van der Waals surface area (Å²) in [4.78, 5) is 59.8. The summed E-state index contributed by atoms with van der Waals surface area (Å²) in [5.74, 6) is -3.51. The quantitative estimate of drug-likeness (QED) is 0.395. The third-order valence-corrected chi connectivity index (χ3v) is 9.73. The average Bonchev–Trinajstić information content (AvgIpc) is 3.40. The molecule has 0 N–H and O–H groups in total. The smallest absolute Gasteiger partial charge is 0.238 e. The summed E-state index contributed by atoms with van der Waals surface area (Å²) in [6, 6.07) is 14.2. The maximum absolute atomic E-state index is 14.4. The summed E-state index contributed by atoms with van der Waals surface area (Å²) in [5, 5.41) is 0. The van der Waals surface area contributed by atoms with Crippen molar-refractivity contribution in [2.24, 2.45) is 35.0 Å². The Balaban J connectivity index is 1.37. The highest BCUT2D eigenvalue weighted by molar-refractivity contribution is 6.27. The SMILES string of the molecule is CCOc1ccccc1N1C(=O)[C@@H]2C3C=C4CCCCC4([C@H]2C1=O)[C@H]1C(=O)N(c2ccccc2OCC)C(=O)[C@@H]31. The van der Waals surface area contributed by atoms with Crippen LogP contribution in [0.25, 0.3) is 0 Å². The minimum atomic E-state index is -0.855. The molecule has 0 aromatic heterocycles. The zero-order valence-electron chi connectivity index (χ0n) is 22.7. The van der Waals surface area contributed by atoms with E-state index in [4.69, 9.17) is 9.47 Å². The monoisotopic (exact) mass is 540 g/mol. The van der Waals surface area contributed by atoms with E-state index in [1.165, 1.54) is 9.80 Å². The van der Waals surface area contributed by atoms with Crippen molar-refractivity contribution in [3.8, 4) is 11.5 Å². The van der Waals surface area contributed by atoms with E-state index in [9.17, 15) is 19.2 Å². The van der Waals surface area contributed by atoms with Gasteiger partial charge in [-0.1, -0.05) is 42.3 Å². The lowest BCUT2D eigenvalue weighted by atomic mass is 9.41. The molecule has 4 fully saturated rings. The number of imide groups is 2. The van der Waals surface area contributed by atoms with Crippen molar-refractivity contribution < 1.29 is 28.7 Å². The fourth-order valence-electron chi connectivity index (χ4n) is 8.49. The first-order valence-corrected chi connectivity index (χ1v) is 14.4. The summed E-state index contributed by atoms with van der Waals surface area (Å²) >= 11 is 0. The van der Waals surface area contributed by atoms with E-state index < -0.39 is 35.0 Å². The van der Waals surface area contributed by atoms with Gasteiger partial charge in [0.2, 0.25) is 23.6 Å². The predicted molar refractivity (Wildman–Crippen MR) is 147 cm³/mol. The summed E-state index contributed by atoms with van der Waals surface area (Å²) in [6.07, 6.45) is 5.27. The highest BCUT2D eigenvalue weighted by atomic mass is 16.5. The van der Waals surface area contributed by atoms with Gasteiger partial charge < -0.3 is 9.47 Å². The lowest BCUT2D eigenvalue weighted by molar-refractivity contribution is -0.151. The third kappa shape index (κ3) is 3.07. The summed E-state index contributed by atoms with van der Waals surface area (Å²) in [5.41, 5.74) is 1.08. The van der Waals surface area contributed by atoms with Crippen molar-refractivity contribution in [3.63, 3.8) is 0 Å². The van der Waals surface area contributed by atoms with Crippen molar-refractivity contribution in [3.05, 3.63) is 60.2 Å². The Labute approximate surface area is 232 Å². The van der Waals surface area contributed by atoms with E-state index in [0.29, 0.717) is 42.5 Å². The first-order chi connectivity index (χ1) is 19.5. The standard InChI is InChI=1S/C32H32N2O6/c1-3-39-22-14-7-5-12-20(22)33-28(35)24-19-17-18-11-9-10-16-32(18,26(24)30(33)37)27-25(19)29(36)34(31(27)38)21-13-6-8-15-23(21)40-4-2/h5-8,12-15,17,19,24-27H,3-4,9-11,16H2,1-2H3/t19?,24-,25+,26-,27-,32?/m1/s1. The molecule has 2 aromatic rings. The van der Waals surface area contributed by atoms with E-state index in [-0.39, 0.29) is 23.6 Å². The molecular formula is C32H32N2O6. The molecule has 2 saturated heterocycles. The number of amides is 4. The number of nitrogens with zero attached hydrogens (tertiary/aromatic N) is 2. The van der Waals surface area contributed by atoms with Crippen LogP contribution in [-0.4, -0.2) is 36.8 Å². The number of allylic oxidation sites excluding steroid dienone is 2. The first-order valence-electron chi connectivity index (χ1n) is 14.4. The average molecular weight is 541 g/mol. The van der Waals surface area contributed by atoms with Crippen molar-refractivity contribution >= 4 is 35.0 Å². The van der Waals surface area contributed by atoms with Gasteiger partial charge in [0.1, 0.15) is 11.5 Å². The minimum absolute atomic E-state index is 0.286. The summed E-state index contributed by atoms with van der Waals surface area (Å²) in [7, 11) is 0. The number of hydrogen-bond donors (Lipinski definition) is 0. The van der Waals surface area contributed by atoms with Crippen molar-refractivity contribution in [2.45, 2.75) is 39.5 Å². The van der Waals surface area contributed by atoms with Crippen LogP contribution in [0.2, 0.25) is 0 Å². The molecule has 8 rings (SSSR count). The molecule has 0 radical (unpaired) electrons. The Morgan fingerprint density at radius 3 is 1.73 bits per heavy atom. The molecule has 4 aliphatic carbocycles. The molecule has 1 spiro atoms. The van der Waals surface area contributed by atoms with Crippen LogP contribution in [0.5, 0.6) is 11.5 Å². The molecule has 206 valence electrons. The molecule has 6 atom stereocenters. The van der Waals surface area contributed by atoms with Gasteiger partial charge in [-0.05, 0) is 57.4 Å². The van der Waals surface area contributed by atoms with Crippen LogP contribution in [0.4, 0.5) is 11.4 Å². The Kier molecular flexibility index (Phi) is 5.67. The number of rotatable bonds is 6. The fraction of sp³-hybridized carbons (Fsp3) is 0.438. The van der Waals surface area contributed by atoms with Gasteiger partial charge in [-0.15, -0.1) is 0 Å². The Morgan fingerprint density at radius 1 is 0.725 bits per heavy atom. The lowest BCUT2D eigenvalue weighted by Gasteiger charge is -2.58. The van der Waals surface area contributed by atoms with Crippen molar-refractivity contribution in [2.75, 3.05) is 23.0 Å². The molecule has 2 heterocycles. The highest BCUT2D eigenvalue weighted by Gasteiger charge is 2.76. The van der Waals surface area contributed by atoms with Gasteiger partial charge in [-0.2, -0.15) is 0 Å². The molecule has 8 nitrogen and oxygen atoms in total. The number of anilines is 2. The Bertz CT molecular complexity index is 1390. The molecule has 6 aliphatic rings. The predicted octanol–water partition coefficient (Wildman–Crippen LogP) is 4.53. The number of para-hydroxylation sites is 4. The van der Waals surface area contributed by atoms with Gasteiger partial charge in [-0.3, -0.25) is 19.2 Å². The van der Waals surface area contributed by atoms with Gasteiger partial charge >= 0.3 is 0 Å². The number of carbonyl (C=O) groups excluding carboxylic acids is 4. The second kappa shape index (κ2) is 9.04. The van der Waals surface area contributed by atoms with E-state index in [1.54, 1.807) is 36.4 Å². The van der Waals surface area contributed by atoms with Crippen molar-refractivity contribution in [1.29, 1.82) is 0 Å². The van der Waals surface area contributed by atoms with Gasteiger partial charge in [-0.25, -0.2) is 9.80 Å². The van der Waals surface area contributed by atoms with Crippen LogP contribution in [0.1, 0.15) is 39.5 Å². The third-order valence-electron chi connectivity index (χ3n) is 9.73. The number of benzene rings is 2. The topological polar surface area (TPSA) is 93.2 Å². The van der Waals surface area contributed by atoms with Gasteiger partial charge in [0.15, 0.2) is 0 Å². The van der Waals surface area contributed by atoms with Crippen molar-refractivity contribution in [1.82, 2.24) is 0 Å². The van der Waals surface area contributed by atoms with E-state index >= 15 is 0 Å². The maximum atomic E-state index is 14.4. The molecule has 2 aliphatic heterocycles. The van der Waals surface area contributed by atoms with E-state index in [2.05, 4.69) is 6.08 Å². The van der Waals surface area contributed by atoms with Crippen LogP contribution < -0.4 is 19.3 Å². The molecule has 40 heavy (non-hydrogen) atoms. The molecule has 4 amide bonds. The normalized spacial score (nSPS) is 32.1. The van der Waals surface area contributed by atoms with Gasteiger partial charge in [0.25, 0.3) is 0 Å². The number of ether oxygens (including phenoxy) is 2. The summed E-state index contributed by atoms with van der Waals surface area (Å²) in [6.45, 7) is 4.50. The van der Waals surface area contributed by atoms with Gasteiger partial charge in [0.05, 0.1) is 48.3 Å². The Hall–Kier alpha value is -3.94. The highest BCUT2D eigenvalue weighted by Crippen LogP contribution is 2.70.